The van der Waals surface area contributed by atoms with Crippen LogP contribution in [0.5, 0.6) is 5.75 Å². The number of ether oxygens (including phenoxy) is 1. The standard InChI is InChI=1S/C14H19ClN2O2.ClH/c1-19-13-6-5-10(15)8-12(13)17-14(18)9-3-2-4-11(16)7-9;/h5-6,8-9,11H,2-4,7,16H2,1H3,(H,17,18);1H. The summed E-state index contributed by atoms with van der Waals surface area (Å²) in [6, 6.07) is 5.30. The highest BCUT2D eigenvalue weighted by Gasteiger charge is 2.25. The molecule has 1 amide bonds. The van der Waals surface area contributed by atoms with Crippen LogP contribution in [-0.4, -0.2) is 19.1 Å². The average Bonchev–Trinajstić information content (AvgIpc) is 2.39. The lowest BCUT2D eigenvalue weighted by Crippen LogP contribution is -2.34. The Kier molecular flexibility index (Phi) is 6.59. The van der Waals surface area contributed by atoms with Crippen molar-refractivity contribution >= 4 is 35.6 Å². The van der Waals surface area contributed by atoms with Gasteiger partial charge < -0.3 is 15.8 Å². The van der Waals surface area contributed by atoms with E-state index in [1.807, 2.05) is 0 Å². The predicted octanol–water partition coefficient (Wildman–Crippen LogP) is 3.23. The van der Waals surface area contributed by atoms with Crippen molar-refractivity contribution in [1.29, 1.82) is 0 Å². The third kappa shape index (κ3) is 4.27. The van der Waals surface area contributed by atoms with Crippen LogP contribution in [0.4, 0.5) is 5.69 Å². The molecule has 0 spiro atoms. The molecule has 1 saturated carbocycles. The van der Waals surface area contributed by atoms with Crippen molar-refractivity contribution in [2.45, 2.75) is 31.7 Å². The summed E-state index contributed by atoms with van der Waals surface area (Å²) in [5, 5.41) is 3.45. The van der Waals surface area contributed by atoms with Gasteiger partial charge in [-0.2, -0.15) is 0 Å². The maximum absolute atomic E-state index is 12.2. The van der Waals surface area contributed by atoms with Gasteiger partial charge in [0, 0.05) is 17.0 Å². The number of hydrogen-bond acceptors (Lipinski definition) is 3. The van der Waals surface area contributed by atoms with Crippen LogP contribution in [0.3, 0.4) is 0 Å². The molecule has 112 valence electrons. The number of methoxy groups -OCH3 is 1. The Morgan fingerprint density at radius 3 is 2.85 bits per heavy atom. The Morgan fingerprint density at radius 2 is 2.20 bits per heavy atom. The second kappa shape index (κ2) is 7.72. The quantitative estimate of drug-likeness (QED) is 0.899. The fourth-order valence-corrected chi connectivity index (χ4v) is 2.65. The highest BCUT2D eigenvalue weighted by molar-refractivity contribution is 6.31. The van der Waals surface area contributed by atoms with Crippen molar-refractivity contribution in [2.75, 3.05) is 12.4 Å². The van der Waals surface area contributed by atoms with Gasteiger partial charge >= 0.3 is 0 Å². The summed E-state index contributed by atoms with van der Waals surface area (Å²) in [4.78, 5) is 12.2. The summed E-state index contributed by atoms with van der Waals surface area (Å²) in [7, 11) is 1.56. The monoisotopic (exact) mass is 318 g/mol. The van der Waals surface area contributed by atoms with Crippen molar-refractivity contribution in [2.24, 2.45) is 11.7 Å². The molecule has 0 radical (unpaired) electrons. The fourth-order valence-electron chi connectivity index (χ4n) is 2.48. The molecule has 4 nitrogen and oxygen atoms in total. The predicted molar refractivity (Wildman–Crippen MR) is 83.8 cm³/mol. The molecular formula is C14H20Cl2N2O2. The van der Waals surface area contributed by atoms with Gasteiger partial charge in [0.1, 0.15) is 5.75 Å². The van der Waals surface area contributed by atoms with E-state index in [9.17, 15) is 4.79 Å². The summed E-state index contributed by atoms with van der Waals surface area (Å²) >= 11 is 5.94. The number of anilines is 1. The fraction of sp³-hybridized carbons (Fsp3) is 0.500. The van der Waals surface area contributed by atoms with E-state index in [2.05, 4.69) is 5.32 Å². The number of carbonyl (C=O) groups excluding carboxylic acids is 1. The number of benzene rings is 1. The Hall–Kier alpha value is -0.970. The Morgan fingerprint density at radius 1 is 1.45 bits per heavy atom. The molecule has 1 aromatic rings. The topological polar surface area (TPSA) is 64.3 Å². The maximum atomic E-state index is 12.2. The highest BCUT2D eigenvalue weighted by atomic mass is 35.5. The molecule has 3 N–H and O–H groups in total. The Labute approximate surface area is 130 Å². The van der Waals surface area contributed by atoms with Gasteiger partial charge in [-0.15, -0.1) is 12.4 Å². The molecule has 1 aromatic carbocycles. The molecule has 2 rings (SSSR count). The third-order valence-electron chi connectivity index (χ3n) is 3.50. The van der Waals surface area contributed by atoms with Gasteiger partial charge in [0.05, 0.1) is 12.8 Å². The second-order valence-electron chi connectivity index (χ2n) is 4.96. The molecule has 0 aromatic heterocycles. The number of rotatable bonds is 3. The van der Waals surface area contributed by atoms with Gasteiger partial charge in [0.25, 0.3) is 0 Å². The molecule has 2 atom stereocenters. The van der Waals surface area contributed by atoms with Crippen LogP contribution in [0.25, 0.3) is 0 Å². The highest BCUT2D eigenvalue weighted by Crippen LogP contribution is 2.30. The SMILES string of the molecule is COc1ccc(Cl)cc1NC(=O)C1CCCC(N)C1.Cl. The average molecular weight is 319 g/mol. The van der Waals surface area contributed by atoms with Crippen LogP contribution in [0.2, 0.25) is 5.02 Å². The summed E-state index contributed by atoms with van der Waals surface area (Å²) < 4.78 is 5.21. The van der Waals surface area contributed by atoms with Crippen molar-refractivity contribution < 1.29 is 9.53 Å². The number of hydrogen-bond donors (Lipinski definition) is 2. The van der Waals surface area contributed by atoms with Crippen LogP contribution in [0, 0.1) is 5.92 Å². The molecular weight excluding hydrogens is 299 g/mol. The summed E-state index contributed by atoms with van der Waals surface area (Å²) in [5.41, 5.74) is 6.52. The molecule has 20 heavy (non-hydrogen) atoms. The van der Waals surface area contributed by atoms with Crippen LogP contribution in [0.1, 0.15) is 25.7 Å². The van der Waals surface area contributed by atoms with E-state index in [1.165, 1.54) is 0 Å². The first-order valence-corrected chi connectivity index (χ1v) is 6.88. The van der Waals surface area contributed by atoms with Crippen molar-refractivity contribution in [3.05, 3.63) is 23.2 Å². The summed E-state index contributed by atoms with van der Waals surface area (Å²) in [5.74, 6) is 0.584. The number of amides is 1. The van der Waals surface area contributed by atoms with Gasteiger partial charge in [-0.3, -0.25) is 4.79 Å². The normalized spacial score (nSPS) is 21.8. The zero-order chi connectivity index (χ0) is 13.8. The van der Waals surface area contributed by atoms with Crippen molar-refractivity contribution in [1.82, 2.24) is 0 Å². The van der Waals surface area contributed by atoms with Crippen LogP contribution >= 0.6 is 24.0 Å². The van der Waals surface area contributed by atoms with E-state index in [4.69, 9.17) is 22.1 Å². The zero-order valence-electron chi connectivity index (χ0n) is 11.4. The van der Waals surface area contributed by atoms with Gasteiger partial charge in [-0.05, 0) is 37.5 Å². The van der Waals surface area contributed by atoms with Crippen molar-refractivity contribution in [3.8, 4) is 5.75 Å². The minimum atomic E-state index is -0.0209. The molecule has 1 fully saturated rings. The molecule has 0 heterocycles. The summed E-state index contributed by atoms with van der Waals surface area (Å²) in [6.07, 6.45) is 3.65. The molecule has 1 aliphatic carbocycles. The maximum Gasteiger partial charge on any atom is 0.227 e. The van der Waals surface area contributed by atoms with E-state index < -0.39 is 0 Å². The molecule has 2 unspecified atom stereocenters. The van der Waals surface area contributed by atoms with Crippen LogP contribution in [0.15, 0.2) is 18.2 Å². The van der Waals surface area contributed by atoms with E-state index >= 15 is 0 Å². The minimum Gasteiger partial charge on any atom is -0.495 e. The second-order valence-corrected chi connectivity index (χ2v) is 5.39. The Balaban J connectivity index is 0.00000200. The van der Waals surface area contributed by atoms with Crippen LogP contribution in [-0.2, 0) is 4.79 Å². The molecule has 0 saturated heterocycles. The van der Waals surface area contributed by atoms with E-state index in [0.29, 0.717) is 16.5 Å². The lowest BCUT2D eigenvalue weighted by molar-refractivity contribution is -0.120. The third-order valence-corrected chi connectivity index (χ3v) is 3.74. The van der Waals surface area contributed by atoms with Crippen molar-refractivity contribution in [3.63, 3.8) is 0 Å². The van der Waals surface area contributed by atoms with E-state index in [1.54, 1.807) is 25.3 Å². The number of halogens is 2. The lowest BCUT2D eigenvalue weighted by Gasteiger charge is -2.25. The number of nitrogens with one attached hydrogen (secondary N) is 1. The molecule has 1 aliphatic rings. The van der Waals surface area contributed by atoms with Gasteiger partial charge in [0.2, 0.25) is 5.91 Å². The van der Waals surface area contributed by atoms with E-state index in [0.717, 1.165) is 25.7 Å². The first-order chi connectivity index (χ1) is 9.10. The smallest absolute Gasteiger partial charge is 0.227 e. The molecule has 0 aliphatic heterocycles. The zero-order valence-corrected chi connectivity index (χ0v) is 13.0. The van der Waals surface area contributed by atoms with Gasteiger partial charge in [0.15, 0.2) is 0 Å². The molecule has 0 bridgehead atoms. The lowest BCUT2D eigenvalue weighted by atomic mass is 9.85. The number of nitrogens with two attached hydrogens (primary N) is 1. The first kappa shape index (κ1) is 17.1. The van der Waals surface area contributed by atoms with E-state index in [-0.39, 0.29) is 30.3 Å². The first-order valence-electron chi connectivity index (χ1n) is 6.50. The van der Waals surface area contributed by atoms with Crippen LogP contribution < -0.4 is 15.8 Å². The minimum absolute atomic E-state index is 0. The molecule has 6 heteroatoms. The summed E-state index contributed by atoms with van der Waals surface area (Å²) in [6.45, 7) is 0. The Bertz CT molecular complexity index is 468. The largest absolute Gasteiger partial charge is 0.495 e. The van der Waals surface area contributed by atoms with Gasteiger partial charge in [-0.1, -0.05) is 18.0 Å². The number of carbonyl (C=O) groups is 1. The van der Waals surface area contributed by atoms with Gasteiger partial charge in [-0.25, -0.2) is 0 Å².